The van der Waals surface area contributed by atoms with Gasteiger partial charge in [-0.1, -0.05) is 0 Å². The molecule has 0 aliphatic rings. The number of benzene rings is 1. The number of aryl methyl sites for hydroxylation is 1. The van der Waals surface area contributed by atoms with Gasteiger partial charge in [0.05, 0.1) is 0 Å². The molecular weight excluding hydrogens is 228 g/mol. The fourth-order valence-electron chi connectivity index (χ4n) is 1.93. The van der Waals surface area contributed by atoms with E-state index in [2.05, 4.69) is 53.6 Å². The highest BCUT2D eigenvalue weighted by Gasteiger charge is 1.99. The molecule has 0 fully saturated rings. The van der Waals surface area contributed by atoms with Gasteiger partial charge in [-0.05, 0) is 43.3 Å². The highest BCUT2D eigenvalue weighted by Crippen LogP contribution is 2.20. The van der Waals surface area contributed by atoms with Crippen molar-refractivity contribution in [3.63, 3.8) is 0 Å². The summed E-state index contributed by atoms with van der Waals surface area (Å²) in [5.74, 6) is 0. The van der Waals surface area contributed by atoms with Crippen LogP contribution in [0.4, 0.5) is 5.69 Å². The smallest absolute Gasteiger partial charge is 0.0494 e. The highest BCUT2D eigenvalue weighted by molar-refractivity contribution is 7.11. The molecule has 3 aromatic rings. The van der Waals surface area contributed by atoms with Gasteiger partial charge in [0.15, 0.2) is 0 Å². The van der Waals surface area contributed by atoms with Gasteiger partial charge in [0.25, 0.3) is 0 Å². The second kappa shape index (κ2) is 4.26. The second-order valence-corrected chi connectivity index (χ2v) is 5.52. The Hall–Kier alpha value is -1.74. The minimum atomic E-state index is 0.897. The van der Waals surface area contributed by atoms with E-state index in [0.717, 1.165) is 6.54 Å². The summed E-state index contributed by atoms with van der Waals surface area (Å²) in [6.45, 7) is 3.04. The first kappa shape index (κ1) is 10.4. The summed E-state index contributed by atoms with van der Waals surface area (Å²) in [5.41, 5.74) is 2.35. The van der Waals surface area contributed by atoms with E-state index < -0.39 is 0 Å². The van der Waals surface area contributed by atoms with E-state index in [1.165, 1.54) is 26.3 Å². The van der Waals surface area contributed by atoms with E-state index in [9.17, 15) is 0 Å². The number of aromatic nitrogens is 1. The zero-order chi connectivity index (χ0) is 11.7. The van der Waals surface area contributed by atoms with Gasteiger partial charge >= 0.3 is 0 Å². The van der Waals surface area contributed by atoms with Crippen LogP contribution in [0.15, 0.2) is 42.6 Å². The maximum absolute atomic E-state index is 3.45. The van der Waals surface area contributed by atoms with E-state index >= 15 is 0 Å². The SMILES string of the molecule is Cc1ccc(CNc2ccc3[nH]ccc3c2)s1. The van der Waals surface area contributed by atoms with E-state index in [1.807, 2.05) is 17.5 Å². The van der Waals surface area contributed by atoms with Crippen LogP contribution in [0.2, 0.25) is 0 Å². The summed E-state index contributed by atoms with van der Waals surface area (Å²) in [7, 11) is 0. The van der Waals surface area contributed by atoms with Crippen molar-refractivity contribution in [3.05, 3.63) is 52.3 Å². The summed E-state index contributed by atoms with van der Waals surface area (Å²) in [6, 6.07) is 12.8. The average molecular weight is 242 g/mol. The molecule has 1 aromatic carbocycles. The van der Waals surface area contributed by atoms with Crippen LogP contribution >= 0.6 is 11.3 Å². The highest BCUT2D eigenvalue weighted by atomic mass is 32.1. The fraction of sp³-hybridized carbons (Fsp3) is 0.143. The van der Waals surface area contributed by atoms with Crippen molar-refractivity contribution in [1.29, 1.82) is 0 Å². The molecule has 2 heterocycles. The molecule has 0 aliphatic heterocycles. The molecule has 17 heavy (non-hydrogen) atoms. The lowest BCUT2D eigenvalue weighted by molar-refractivity contribution is 1.20. The molecule has 0 saturated carbocycles. The number of hydrogen-bond acceptors (Lipinski definition) is 2. The number of anilines is 1. The minimum Gasteiger partial charge on any atom is -0.380 e. The van der Waals surface area contributed by atoms with Gasteiger partial charge in [-0.3, -0.25) is 0 Å². The van der Waals surface area contributed by atoms with Crippen LogP contribution in [-0.4, -0.2) is 4.98 Å². The lowest BCUT2D eigenvalue weighted by atomic mass is 10.2. The zero-order valence-corrected chi connectivity index (χ0v) is 10.5. The molecule has 0 amide bonds. The first-order chi connectivity index (χ1) is 8.31. The summed E-state index contributed by atoms with van der Waals surface area (Å²) in [6.07, 6.45) is 1.97. The van der Waals surface area contributed by atoms with Gasteiger partial charge in [0, 0.05) is 39.1 Å². The molecule has 2 aromatic heterocycles. The van der Waals surface area contributed by atoms with Crippen molar-refractivity contribution >= 4 is 27.9 Å². The number of aromatic amines is 1. The first-order valence-corrected chi connectivity index (χ1v) is 6.49. The minimum absolute atomic E-state index is 0.897. The third kappa shape index (κ3) is 2.19. The Morgan fingerprint density at radius 2 is 2.12 bits per heavy atom. The molecule has 0 saturated heterocycles. The molecule has 0 spiro atoms. The number of nitrogens with one attached hydrogen (secondary N) is 2. The van der Waals surface area contributed by atoms with Crippen LogP contribution in [0.25, 0.3) is 10.9 Å². The molecule has 2 nitrogen and oxygen atoms in total. The van der Waals surface area contributed by atoms with Crippen molar-refractivity contribution in [2.45, 2.75) is 13.5 Å². The molecule has 0 atom stereocenters. The first-order valence-electron chi connectivity index (χ1n) is 5.67. The van der Waals surface area contributed by atoms with Crippen LogP contribution < -0.4 is 5.32 Å². The molecule has 2 N–H and O–H groups in total. The fourth-order valence-corrected chi connectivity index (χ4v) is 2.76. The lowest BCUT2D eigenvalue weighted by Crippen LogP contribution is -1.96. The normalized spacial score (nSPS) is 10.9. The van der Waals surface area contributed by atoms with Crippen LogP contribution in [0.5, 0.6) is 0 Å². The van der Waals surface area contributed by atoms with E-state index in [-0.39, 0.29) is 0 Å². The summed E-state index contributed by atoms with van der Waals surface area (Å²) < 4.78 is 0. The van der Waals surface area contributed by atoms with Crippen molar-refractivity contribution in [2.75, 3.05) is 5.32 Å². The van der Waals surface area contributed by atoms with Gasteiger partial charge in [0.2, 0.25) is 0 Å². The van der Waals surface area contributed by atoms with Gasteiger partial charge in [-0.15, -0.1) is 11.3 Å². The van der Waals surface area contributed by atoms with E-state index in [0.29, 0.717) is 0 Å². The van der Waals surface area contributed by atoms with Crippen molar-refractivity contribution in [3.8, 4) is 0 Å². The maximum atomic E-state index is 3.45. The molecule has 0 radical (unpaired) electrons. The standard InChI is InChI=1S/C14H14N2S/c1-10-2-4-13(17-10)9-16-12-3-5-14-11(8-12)6-7-15-14/h2-8,15-16H,9H2,1H3. The topological polar surface area (TPSA) is 27.8 Å². The molecule has 86 valence electrons. The van der Waals surface area contributed by atoms with Crippen LogP contribution in [0.3, 0.4) is 0 Å². The molecule has 3 rings (SSSR count). The van der Waals surface area contributed by atoms with Gasteiger partial charge in [-0.2, -0.15) is 0 Å². The van der Waals surface area contributed by atoms with Gasteiger partial charge < -0.3 is 10.3 Å². The zero-order valence-electron chi connectivity index (χ0n) is 9.66. The van der Waals surface area contributed by atoms with Crippen LogP contribution in [0, 0.1) is 6.92 Å². The summed E-state index contributed by atoms with van der Waals surface area (Å²) >= 11 is 1.84. The summed E-state index contributed by atoms with van der Waals surface area (Å²) in [4.78, 5) is 5.93. The van der Waals surface area contributed by atoms with Crippen molar-refractivity contribution in [1.82, 2.24) is 4.98 Å². The van der Waals surface area contributed by atoms with Crippen molar-refractivity contribution < 1.29 is 0 Å². The van der Waals surface area contributed by atoms with Crippen LogP contribution in [-0.2, 0) is 6.54 Å². The Labute approximate surface area is 104 Å². The molecule has 3 heteroatoms. The van der Waals surface area contributed by atoms with Gasteiger partial charge in [0.1, 0.15) is 0 Å². The monoisotopic (exact) mass is 242 g/mol. The number of hydrogen-bond donors (Lipinski definition) is 2. The predicted octanol–water partition coefficient (Wildman–Crippen LogP) is 4.15. The predicted molar refractivity (Wildman–Crippen MR) is 74.7 cm³/mol. The van der Waals surface area contributed by atoms with E-state index in [1.54, 1.807) is 0 Å². The third-order valence-electron chi connectivity index (χ3n) is 2.82. The van der Waals surface area contributed by atoms with Crippen molar-refractivity contribution in [2.24, 2.45) is 0 Å². The molecular formula is C14H14N2S. The quantitative estimate of drug-likeness (QED) is 0.709. The number of rotatable bonds is 3. The number of fused-ring (bicyclic) bond motifs is 1. The Balaban J connectivity index is 1.76. The van der Waals surface area contributed by atoms with E-state index in [4.69, 9.17) is 0 Å². The molecule has 0 aliphatic carbocycles. The Morgan fingerprint density at radius 1 is 1.18 bits per heavy atom. The van der Waals surface area contributed by atoms with Gasteiger partial charge in [-0.25, -0.2) is 0 Å². The average Bonchev–Trinajstić information content (AvgIpc) is 2.94. The molecule has 0 bridgehead atoms. The third-order valence-corrected chi connectivity index (χ3v) is 3.82. The second-order valence-electron chi connectivity index (χ2n) is 4.15. The number of H-pyrrole nitrogens is 1. The lowest BCUT2D eigenvalue weighted by Gasteiger charge is -2.04. The Morgan fingerprint density at radius 3 is 2.94 bits per heavy atom. The van der Waals surface area contributed by atoms with Crippen LogP contribution in [0.1, 0.15) is 9.75 Å². The largest absolute Gasteiger partial charge is 0.380 e. The maximum Gasteiger partial charge on any atom is 0.0494 e. The Kier molecular flexibility index (Phi) is 2.61. The summed E-state index contributed by atoms with van der Waals surface area (Å²) in [5, 5.41) is 4.70. The Bertz CT molecular complexity index is 636. The molecule has 0 unspecified atom stereocenters. The number of thiophene rings is 1.